The van der Waals surface area contributed by atoms with E-state index in [4.69, 9.17) is 4.74 Å². The van der Waals surface area contributed by atoms with E-state index in [1.807, 2.05) is 6.07 Å². The van der Waals surface area contributed by atoms with Gasteiger partial charge in [-0.25, -0.2) is 9.97 Å². The first-order chi connectivity index (χ1) is 12.2. The number of para-hydroxylation sites is 1. The number of rotatable bonds is 6. The molecule has 7 nitrogen and oxygen atoms in total. The van der Waals surface area contributed by atoms with Crippen molar-refractivity contribution >= 4 is 22.5 Å². The molecule has 2 aromatic heterocycles. The highest BCUT2D eigenvalue weighted by atomic mass is 16.5. The minimum absolute atomic E-state index is 0.144. The lowest BCUT2D eigenvalue weighted by Gasteiger charge is -2.08. The zero-order valence-corrected chi connectivity index (χ0v) is 13.8. The second kappa shape index (κ2) is 7.57. The summed E-state index contributed by atoms with van der Waals surface area (Å²) in [7, 11) is 1.50. The fraction of sp³-hybridized carbons (Fsp3) is 0.222. The second-order valence-electron chi connectivity index (χ2n) is 5.49. The van der Waals surface area contributed by atoms with Crippen molar-refractivity contribution in [1.82, 2.24) is 15.0 Å². The third-order valence-corrected chi connectivity index (χ3v) is 3.72. The molecule has 25 heavy (non-hydrogen) atoms. The Kier molecular flexibility index (Phi) is 5.03. The highest BCUT2D eigenvalue weighted by Gasteiger charge is 2.09. The Morgan fingerprint density at radius 3 is 2.92 bits per heavy atom. The number of H-pyrrole nitrogens is 1. The van der Waals surface area contributed by atoms with Gasteiger partial charge in [0.1, 0.15) is 11.5 Å². The fourth-order valence-corrected chi connectivity index (χ4v) is 2.53. The maximum absolute atomic E-state index is 12.1. The van der Waals surface area contributed by atoms with Crippen molar-refractivity contribution in [3.05, 3.63) is 58.8 Å². The lowest BCUT2D eigenvalue weighted by molar-refractivity contribution is -0.116. The molecule has 0 saturated heterocycles. The predicted octanol–water partition coefficient (Wildman–Crippen LogP) is 2.29. The molecule has 3 rings (SSSR count). The molecule has 2 N–H and O–H groups in total. The van der Waals surface area contributed by atoms with Gasteiger partial charge < -0.3 is 15.0 Å². The van der Waals surface area contributed by atoms with E-state index in [-0.39, 0.29) is 11.5 Å². The first kappa shape index (κ1) is 16.6. The highest BCUT2D eigenvalue weighted by Crippen LogP contribution is 2.20. The first-order valence-electron chi connectivity index (χ1n) is 7.94. The minimum atomic E-state index is -0.162. The van der Waals surface area contributed by atoms with E-state index in [2.05, 4.69) is 20.3 Å². The Morgan fingerprint density at radius 2 is 2.08 bits per heavy atom. The number of hydrogen-bond donors (Lipinski definition) is 2. The molecule has 2 heterocycles. The Balaban J connectivity index is 1.59. The second-order valence-corrected chi connectivity index (χ2v) is 5.49. The predicted molar refractivity (Wildman–Crippen MR) is 94.7 cm³/mol. The molecule has 1 aromatic carbocycles. The van der Waals surface area contributed by atoms with Gasteiger partial charge in [-0.3, -0.25) is 9.59 Å². The van der Waals surface area contributed by atoms with Gasteiger partial charge in [0.05, 0.1) is 18.0 Å². The quantitative estimate of drug-likeness (QED) is 0.719. The van der Waals surface area contributed by atoms with E-state index >= 15 is 0 Å². The van der Waals surface area contributed by atoms with Crippen LogP contribution in [0, 0.1) is 0 Å². The van der Waals surface area contributed by atoms with Crippen LogP contribution in [-0.4, -0.2) is 28.0 Å². The highest BCUT2D eigenvalue weighted by molar-refractivity contribution is 5.91. The average Bonchev–Trinajstić information content (AvgIpc) is 2.62. The molecular formula is C18H18N4O3. The van der Waals surface area contributed by atoms with Crippen LogP contribution in [0.15, 0.2) is 47.4 Å². The number of ether oxygens (including phenoxy) is 1. The number of hydrogen-bond acceptors (Lipinski definition) is 5. The molecule has 0 aliphatic rings. The van der Waals surface area contributed by atoms with Gasteiger partial charge in [0.25, 0.3) is 5.56 Å². The SMILES string of the molecule is COc1ncccc1NC(=O)CCCc1nc2ccccc2c(=O)[nH]1. The summed E-state index contributed by atoms with van der Waals surface area (Å²) in [6, 6.07) is 10.6. The smallest absolute Gasteiger partial charge is 0.258 e. The number of anilines is 1. The molecule has 7 heteroatoms. The van der Waals surface area contributed by atoms with Gasteiger partial charge in [0, 0.05) is 19.0 Å². The summed E-state index contributed by atoms with van der Waals surface area (Å²) in [6.45, 7) is 0. The van der Waals surface area contributed by atoms with Crippen molar-refractivity contribution in [2.75, 3.05) is 12.4 Å². The molecule has 128 valence electrons. The summed E-state index contributed by atoms with van der Waals surface area (Å²) in [6.07, 6.45) is 2.97. The van der Waals surface area contributed by atoms with Gasteiger partial charge in [-0.1, -0.05) is 12.1 Å². The summed E-state index contributed by atoms with van der Waals surface area (Å²) >= 11 is 0. The molecule has 0 bridgehead atoms. The van der Waals surface area contributed by atoms with E-state index in [0.717, 1.165) is 0 Å². The summed E-state index contributed by atoms with van der Waals surface area (Å²) in [4.78, 5) is 35.3. The van der Waals surface area contributed by atoms with E-state index in [0.29, 0.717) is 47.6 Å². The third-order valence-electron chi connectivity index (χ3n) is 3.72. The van der Waals surface area contributed by atoms with Gasteiger partial charge >= 0.3 is 0 Å². The van der Waals surface area contributed by atoms with Crippen molar-refractivity contribution < 1.29 is 9.53 Å². The van der Waals surface area contributed by atoms with Crippen LogP contribution in [0.3, 0.4) is 0 Å². The number of amides is 1. The molecular weight excluding hydrogens is 320 g/mol. The molecule has 0 saturated carbocycles. The van der Waals surface area contributed by atoms with Crippen LogP contribution in [0.5, 0.6) is 5.88 Å². The summed E-state index contributed by atoms with van der Waals surface area (Å²) in [5.74, 6) is 0.807. The molecule has 0 aliphatic heterocycles. The van der Waals surface area contributed by atoms with Gasteiger partial charge in [-0.05, 0) is 30.7 Å². The Labute approximate surface area is 144 Å². The maximum Gasteiger partial charge on any atom is 0.258 e. The van der Waals surface area contributed by atoms with Crippen molar-refractivity contribution in [3.8, 4) is 5.88 Å². The Bertz CT molecular complexity index is 952. The zero-order chi connectivity index (χ0) is 17.6. The standard InChI is InChI=1S/C18H18N4O3/c1-25-18-14(8-5-11-19-18)21-16(23)10-4-9-15-20-13-7-3-2-6-12(13)17(24)22-15/h2-3,5-8,11H,4,9-10H2,1H3,(H,21,23)(H,20,22,24). The molecule has 1 amide bonds. The fourth-order valence-electron chi connectivity index (χ4n) is 2.53. The lowest BCUT2D eigenvalue weighted by atomic mass is 10.2. The third kappa shape index (κ3) is 4.00. The van der Waals surface area contributed by atoms with Crippen LogP contribution in [0.25, 0.3) is 10.9 Å². The topological polar surface area (TPSA) is 97.0 Å². The van der Waals surface area contributed by atoms with Crippen LogP contribution in [-0.2, 0) is 11.2 Å². The van der Waals surface area contributed by atoms with Crippen LogP contribution in [0.4, 0.5) is 5.69 Å². The van der Waals surface area contributed by atoms with Gasteiger partial charge in [-0.2, -0.15) is 0 Å². The van der Waals surface area contributed by atoms with E-state index in [1.165, 1.54) is 7.11 Å². The van der Waals surface area contributed by atoms with Gasteiger partial charge in [0.2, 0.25) is 11.8 Å². The number of nitrogens with one attached hydrogen (secondary N) is 2. The van der Waals surface area contributed by atoms with Gasteiger partial charge in [-0.15, -0.1) is 0 Å². The zero-order valence-electron chi connectivity index (χ0n) is 13.8. The van der Waals surface area contributed by atoms with E-state index < -0.39 is 0 Å². The largest absolute Gasteiger partial charge is 0.480 e. The summed E-state index contributed by atoms with van der Waals surface area (Å²) in [5.41, 5.74) is 1.03. The van der Waals surface area contributed by atoms with E-state index in [9.17, 15) is 9.59 Å². The Morgan fingerprint density at radius 1 is 1.24 bits per heavy atom. The van der Waals surface area contributed by atoms with Crippen molar-refractivity contribution in [2.45, 2.75) is 19.3 Å². The van der Waals surface area contributed by atoms with Crippen LogP contribution in [0.1, 0.15) is 18.7 Å². The molecule has 0 fully saturated rings. The molecule has 0 spiro atoms. The van der Waals surface area contributed by atoms with Crippen LogP contribution in [0.2, 0.25) is 0 Å². The molecule has 0 radical (unpaired) electrons. The summed E-state index contributed by atoms with van der Waals surface area (Å²) in [5, 5.41) is 3.33. The number of benzene rings is 1. The monoisotopic (exact) mass is 338 g/mol. The molecule has 3 aromatic rings. The van der Waals surface area contributed by atoms with Crippen molar-refractivity contribution in [2.24, 2.45) is 0 Å². The Hall–Kier alpha value is -3.22. The first-order valence-corrected chi connectivity index (χ1v) is 7.94. The number of carbonyl (C=O) groups excluding carboxylic acids is 1. The number of methoxy groups -OCH3 is 1. The number of aryl methyl sites for hydroxylation is 1. The molecule has 0 aliphatic carbocycles. The minimum Gasteiger partial charge on any atom is -0.480 e. The number of pyridine rings is 1. The van der Waals surface area contributed by atoms with Crippen molar-refractivity contribution in [3.63, 3.8) is 0 Å². The normalized spacial score (nSPS) is 10.6. The number of aromatic amines is 1. The molecule has 0 atom stereocenters. The number of carbonyl (C=O) groups is 1. The van der Waals surface area contributed by atoms with E-state index in [1.54, 1.807) is 36.5 Å². The van der Waals surface area contributed by atoms with Gasteiger partial charge in [0.15, 0.2) is 0 Å². The van der Waals surface area contributed by atoms with Crippen molar-refractivity contribution in [1.29, 1.82) is 0 Å². The molecule has 0 unspecified atom stereocenters. The maximum atomic E-state index is 12.1. The van der Waals surface area contributed by atoms with Crippen LogP contribution >= 0.6 is 0 Å². The average molecular weight is 338 g/mol. The number of aromatic nitrogens is 3. The number of nitrogens with zero attached hydrogens (tertiary/aromatic N) is 2. The number of fused-ring (bicyclic) bond motifs is 1. The lowest BCUT2D eigenvalue weighted by Crippen LogP contribution is -2.14. The summed E-state index contributed by atoms with van der Waals surface area (Å²) < 4.78 is 5.10. The van der Waals surface area contributed by atoms with Crippen LogP contribution < -0.4 is 15.6 Å².